The van der Waals surface area contributed by atoms with Crippen LogP contribution in [0.15, 0.2) is 60.7 Å². The summed E-state index contributed by atoms with van der Waals surface area (Å²) in [6, 6.07) is 17.7. The second-order valence-electron chi connectivity index (χ2n) is 8.41. The van der Waals surface area contributed by atoms with Crippen LogP contribution in [0.5, 0.6) is 0 Å². The Bertz CT molecular complexity index is 1250. The van der Waals surface area contributed by atoms with Gasteiger partial charge < -0.3 is 15.5 Å². The molecule has 0 bridgehead atoms. The van der Waals surface area contributed by atoms with E-state index in [4.69, 9.17) is 11.6 Å². The highest BCUT2D eigenvalue weighted by atomic mass is 35.5. The Hall–Kier alpha value is -3.03. The Kier molecular flexibility index (Phi) is 6.48. The fourth-order valence-corrected chi connectivity index (χ4v) is 5.69. The predicted octanol–water partition coefficient (Wildman–Crippen LogP) is 5.34. The molecular formula is C26H23ClFN3O2S. The first-order valence-corrected chi connectivity index (χ1v) is 12.6. The first-order chi connectivity index (χ1) is 16.5. The van der Waals surface area contributed by atoms with Crippen LogP contribution in [0.4, 0.5) is 15.8 Å². The van der Waals surface area contributed by atoms with E-state index in [2.05, 4.69) is 22.8 Å². The Morgan fingerprint density at radius 1 is 1.09 bits per heavy atom. The standard InChI is InChI=1S/C26H23ClFN3O2S/c27-20-6-3-7-21(28)19(20)14-34-15-24-25(32)30-23-12-17(8-9-22(23)29-24)26(33)31-11-10-16-4-1-2-5-18(16)13-31/h1-9,12,24,29H,10-11,13-15H2,(H,30,32). The highest BCUT2D eigenvalue weighted by molar-refractivity contribution is 7.98. The van der Waals surface area contributed by atoms with Gasteiger partial charge in [0.1, 0.15) is 11.9 Å². The van der Waals surface area contributed by atoms with Crippen molar-refractivity contribution >= 4 is 46.6 Å². The number of thioether (sulfide) groups is 1. The summed E-state index contributed by atoms with van der Waals surface area (Å²) in [4.78, 5) is 27.6. The Morgan fingerprint density at radius 2 is 1.91 bits per heavy atom. The van der Waals surface area contributed by atoms with Crippen molar-refractivity contribution in [3.05, 3.63) is 93.8 Å². The number of nitrogens with one attached hydrogen (secondary N) is 2. The summed E-state index contributed by atoms with van der Waals surface area (Å²) < 4.78 is 14.0. The van der Waals surface area contributed by atoms with E-state index in [0.717, 1.165) is 12.1 Å². The number of carbonyl (C=O) groups is 2. The molecule has 0 saturated carbocycles. The van der Waals surface area contributed by atoms with Crippen molar-refractivity contribution < 1.29 is 14.0 Å². The van der Waals surface area contributed by atoms with Gasteiger partial charge in [-0.3, -0.25) is 9.59 Å². The van der Waals surface area contributed by atoms with Crippen molar-refractivity contribution in [2.24, 2.45) is 0 Å². The normalized spacial score (nSPS) is 16.8. The molecule has 8 heteroatoms. The number of nitrogens with zero attached hydrogens (tertiary/aromatic N) is 1. The molecule has 5 nitrogen and oxygen atoms in total. The molecule has 0 saturated heterocycles. The summed E-state index contributed by atoms with van der Waals surface area (Å²) in [7, 11) is 0. The lowest BCUT2D eigenvalue weighted by atomic mass is 9.99. The second kappa shape index (κ2) is 9.68. The van der Waals surface area contributed by atoms with Crippen LogP contribution in [0, 0.1) is 5.82 Å². The topological polar surface area (TPSA) is 61.4 Å². The average Bonchev–Trinajstić information content (AvgIpc) is 2.85. The summed E-state index contributed by atoms with van der Waals surface area (Å²) in [5, 5.41) is 6.53. The molecule has 0 radical (unpaired) electrons. The molecule has 5 rings (SSSR count). The number of halogens is 2. The minimum atomic E-state index is -0.469. The lowest BCUT2D eigenvalue weighted by Gasteiger charge is -2.30. The zero-order valence-electron chi connectivity index (χ0n) is 18.3. The molecule has 2 N–H and O–H groups in total. The van der Waals surface area contributed by atoms with Gasteiger partial charge in [0.15, 0.2) is 0 Å². The van der Waals surface area contributed by atoms with Gasteiger partial charge in [0.05, 0.1) is 11.4 Å². The first kappa shape index (κ1) is 22.7. The van der Waals surface area contributed by atoms with E-state index in [1.165, 1.54) is 29.0 Å². The highest BCUT2D eigenvalue weighted by Crippen LogP contribution is 2.31. The third kappa shape index (κ3) is 4.63. The molecule has 0 aromatic heterocycles. The van der Waals surface area contributed by atoms with Gasteiger partial charge in [-0.25, -0.2) is 4.39 Å². The second-order valence-corrected chi connectivity index (χ2v) is 9.84. The first-order valence-electron chi connectivity index (χ1n) is 11.1. The van der Waals surface area contributed by atoms with Gasteiger partial charge in [0, 0.05) is 40.7 Å². The fourth-order valence-electron chi connectivity index (χ4n) is 4.30. The van der Waals surface area contributed by atoms with Crippen LogP contribution in [-0.2, 0) is 23.5 Å². The van der Waals surface area contributed by atoms with Crippen LogP contribution < -0.4 is 10.6 Å². The Labute approximate surface area is 206 Å². The van der Waals surface area contributed by atoms with Crippen LogP contribution in [0.1, 0.15) is 27.0 Å². The maximum atomic E-state index is 14.0. The van der Waals surface area contributed by atoms with Crippen molar-refractivity contribution in [1.82, 2.24) is 4.90 Å². The number of hydrogen-bond acceptors (Lipinski definition) is 4. The quantitative estimate of drug-likeness (QED) is 0.501. The maximum Gasteiger partial charge on any atom is 0.254 e. The predicted molar refractivity (Wildman–Crippen MR) is 135 cm³/mol. The maximum absolute atomic E-state index is 14.0. The molecular weight excluding hydrogens is 473 g/mol. The van der Waals surface area contributed by atoms with Gasteiger partial charge in [0.2, 0.25) is 5.91 Å². The molecule has 1 atom stereocenters. The van der Waals surface area contributed by atoms with Crippen LogP contribution >= 0.6 is 23.4 Å². The molecule has 3 aromatic rings. The van der Waals surface area contributed by atoms with Gasteiger partial charge >= 0.3 is 0 Å². The summed E-state index contributed by atoms with van der Waals surface area (Å²) >= 11 is 7.52. The summed E-state index contributed by atoms with van der Waals surface area (Å²) in [5.41, 5.74) is 4.79. The Balaban J connectivity index is 1.23. The average molecular weight is 496 g/mol. The van der Waals surface area contributed by atoms with Gasteiger partial charge in [0.25, 0.3) is 5.91 Å². The van der Waals surface area contributed by atoms with E-state index in [0.29, 0.717) is 46.4 Å². The molecule has 34 heavy (non-hydrogen) atoms. The van der Waals surface area contributed by atoms with Gasteiger partial charge in [-0.1, -0.05) is 41.9 Å². The van der Waals surface area contributed by atoms with E-state index in [-0.39, 0.29) is 17.6 Å². The number of carbonyl (C=O) groups excluding carboxylic acids is 2. The van der Waals surface area contributed by atoms with E-state index in [9.17, 15) is 14.0 Å². The molecule has 2 aliphatic heterocycles. The number of rotatable bonds is 5. The molecule has 3 aromatic carbocycles. The molecule has 0 spiro atoms. The summed E-state index contributed by atoms with van der Waals surface area (Å²) in [5.74, 6) is 0.239. The van der Waals surface area contributed by atoms with E-state index < -0.39 is 6.04 Å². The van der Waals surface area contributed by atoms with Crippen molar-refractivity contribution in [3.8, 4) is 0 Å². The van der Waals surface area contributed by atoms with Gasteiger partial charge in [-0.15, -0.1) is 0 Å². The van der Waals surface area contributed by atoms with Gasteiger partial charge in [-0.05, 0) is 47.9 Å². The fraction of sp³-hybridized carbons (Fsp3) is 0.231. The number of fused-ring (bicyclic) bond motifs is 2. The minimum Gasteiger partial charge on any atom is -0.371 e. The molecule has 2 amide bonds. The lowest BCUT2D eigenvalue weighted by molar-refractivity contribution is -0.116. The highest BCUT2D eigenvalue weighted by Gasteiger charge is 2.28. The molecule has 2 aliphatic rings. The van der Waals surface area contributed by atoms with E-state index in [1.807, 2.05) is 23.1 Å². The smallest absolute Gasteiger partial charge is 0.254 e. The minimum absolute atomic E-state index is 0.0500. The van der Waals surface area contributed by atoms with Crippen molar-refractivity contribution in [1.29, 1.82) is 0 Å². The summed E-state index contributed by atoms with van der Waals surface area (Å²) in [6.07, 6.45) is 0.836. The molecule has 2 heterocycles. The van der Waals surface area contributed by atoms with Crippen molar-refractivity contribution in [3.63, 3.8) is 0 Å². The molecule has 0 aliphatic carbocycles. The van der Waals surface area contributed by atoms with Crippen LogP contribution in [0.25, 0.3) is 0 Å². The number of anilines is 2. The van der Waals surface area contributed by atoms with Crippen LogP contribution in [0.2, 0.25) is 5.02 Å². The van der Waals surface area contributed by atoms with Gasteiger partial charge in [-0.2, -0.15) is 11.8 Å². The monoisotopic (exact) mass is 495 g/mol. The lowest BCUT2D eigenvalue weighted by Crippen LogP contribution is -2.41. The van der Waals surface area contributed by atoms with Crippen LogP contribution in [-0.4, -0.2) is 35.1 Å². The number of benzene rings is 3. The molecule has 1 unspecified atom stereocenters. The largest absolute Gasteiger partial charge is 0.371 e. The van der Waals surface area contributed by atoms with Crippen molar-refractivity contribution in [2.45, 2.75) is 24.8 Å². The number of hydrogen-bond donors (Lipinski definition) is 2. The van der Waals surface area contributed by atoms with Crippen molar-refractivity contribution in [2.75, 3.05) is 22.9 Å². The SMILES string of the molecule is O=C1Nc2cc(C(=O)N3CCc4ccccc4C3)ccc2NC1CSCc1c(F)cccc1Cl. The number of amides is 2. The van der Waals surface area contributed by atoms with Crippen LogP contribution in [0.3, 0.4) is 0 Å². The third-order valence-corrected chi connectivity index (χ3v) is 7.60. The van der Waals surface area contributed by atoms with E-state index in [1.54, 1.807) is 24.3 Å². The molecule has 174 valence electrons. The summed E-state index contributed by atoms with van der Waals surface area (Å²) in [6.45, 7) is 1.25. The third-order valence-electron chi connectivity index (χ3n) is 6.18. The molecule has 0 fully saturated rings. The Morgan fingerprint density at radius 3 is 2.74 bits per heavy atom. The zero-order chi connectivity index (χ0) is 23.7. The van der Waals surface area contributed by atoms with E-state index >= 15 is 0 Å². The zero-order valence-corrected chi connectivity index (χ0v) is 19.9.